The van der Waals surface area contributed by atoms with E-state index in [1.54, 1.807) is 6.08 Å². The molecular formula is C6H6O2. The minimum atomic E-state index is -0.280. The Morgan fingerprint density at radius 3 is 2.75 bits per heavy atom. The van der Waals surface area contributed by atoms with Gasteiger partial charge in [-0.15, -0.1) is 0 Å². The SMILES string of the molecule is C=C1C=CC(=O)OC1. The molecule has 0 aromatic rings. The highest BCUT2D eigenvalue weighted by Gasteiger charge is 2.02. The van der Waals surface area contributed by atoms with Crippen molar-refractivity contribution in [1.82, 2.24) is 0 Å². The highest BCUT2D eigenvalue weighted by Crippen LogP contribution is 2.00. The molecule has 2 heteroatoms. The van der Waals surface area contributed by atoms with Crippen LogP contribution >= 0.6 is 0 Å². The molecule has 2 nitrogen and oxygen atoms in total. The zero-order valence-corrected chi connectivity index (χ0v) is 4.39. The number of hydrogen-bond acceptors (Lipinski definition) is 2. The monoisotopic (exact) mass is 110 g/mol. The van der Waals surface area contributed by atoms with E-state index in [0.717, 1.165) is 5.57 Å². The minimum absolute atomic E-state index is 0.280. The summed E-state index contributed by atoms with van der Waals surface area (Å²) in [6, 6.07) is 0. The Labute approximate surface area is 47.5 Å². The van der Waals surface area contributed by atoms with Gasteiger partial charge in [-0.25, -0.2) is 4.79 Å². The van der Waals surface area contributed by atoms with Crippen LogP contribution in [0.5, 0.6) is 0 Å². The molecule has 0 unspecified atom stereocenters. The third-order valence-electron chi connectivity index (χ3n) is 0.855. The lowest BCUT2D eigenvalue weighted by Gasteiger charge is -2.05. The number of esters is 1. The Bertz CT molecular complexity index is 138. The van der Waals surface area contributed by atoms with Gasteiger partial charge < -0.3 is 4.74 Å². The average Bonchev–Trinajstić information content (AvgIpc) is 1.77. The summed E-state index contributed by atoms with van der Waals surface area (Å²) in [5, 5.41) is 0. The lowest BCUT2D eigenvalue weighted by molar-refractivity contribution is -0.137. The number of rotatable bonds is 0. The fourth-order valence-corrected chi connectivity index (χ4v) is 0.446. The molecule has 0 aromatic carbocycles. The highest BCUT2D eigenvalue weighted by atomic mass is 16.5. The van der Waals surface area contributed by atoms with Crippen molar-refractivity contribution >= 4 is 5.97 Å². The molecule has 0 bridgehead atoms. The average molecular weight is 110 g/mol. The molecule has 0 saturated heterocycles. The maximum atomic E-state index is 10.3. The topological polar surface area (TPSA) is 26.3 Å². The van der Waals surface area contributed by atoms with Gasteiger partial charge in [0.05, 0.1) is 0 Å². The molecule has 0 N–H and O–H groups in total. The lowest BCUT2D eigenvalue weighted by atomic mass is 10.2. The van der Waals surface area contributed by atoms with E-state index < -0.39 is 0 Å². The van der Waals surface area contributed by atoms with Crippen LogP contribution in [0.25, 0.3) is 0 Å². The first-order chi connectivity index (χ1) is 3.79. The lowest BCUT2D eigenvalue weighted by Crippen LogP contribution is -2.07. The molecule has 0 spiro atoms. The third-order valence-corrected chi connectivity index (χ3v) is 0.855. The van der Waals surface area contributed by atoms with Crippen LogP contribution in [0.15, 0.2) is 24.3 Å². The van der Waals surface area contributed by atoms with Crippen molar-refractivity contribution < 1.29 is 9.53 Å². The second-order valence-corrected chi connectivity index (χ2v) is 1.60. The molecule has 0 radical (unpaired) electrons. The van der Waals surface area contributed by atoms with Crippen LogP contribution in [0.2, 0.25) is 0 Å². The second kappa shape index (κ2) is 1.82. The molecule has 0 atom stereocenters. The maximum absolute atomic E-state index is 10.3. The summed E-state index contributed by atoms with van der Waals surface area (Å²) in [4.78, 5) is 10.3. The van der Waals surface area contributed by atoms with Crippen molar-refractivity contribution in [3.8, 4) is 0 Å². The van der Waals surface area contributed by atoms with Crippen LogP contribution in [-0.4, -0.2) is 12.6 Å². The summed E-state index contributed by atoms with van der Waals surface area (Å²) in [6.45, 7) is 3.93. The fraction of sp³-hybridized carbons (Fsp3) is 0.167. The molecule has 1 aliphatic rings. The van der Waals surface area contributed by atoms with Gasteiger partial charge in [0.2, 0.25) is 0 Å². The zero-order chi connectivity index (χ0) is 5.98. The van der Waals surface area contributed by atoms with Gasteiger partial charge in [0.15, 0.2) is 0 Å². The van der Waals surface area contributed by atoms with Gasteiger partial charge >= 0.3 is 5.97 Å². The van der Waals surface area contributed by atoms with Crippen LogP contribution in [-0.2, 0) is 9.53 Å². The van der Waals surface area contributed by atoms with E-state index in [2.05, 4.69) is 11.3 Å². The Balaban J connectivity index is 2.68. The quantitative estimate of drug-likeness (QED) is 0.428. The Morgan fingerprint density at radius 1 is 1.62 bits per heavy atom. The summed E-state index contributed by atoms with van der Waals surface area (Å²) >= 11 is 0. The Hall–Kier alpha value is -1.05. The number of hydrogen-bond donors (Lipinski definition) is 0. The van der Waals surface area contributed by atoms with Gasteiger partial charge in [0, 0.05) is 6.08 Å². The molecule has 1 rings (SSSR count). The van der Waals surface area contributed by atoms with E-state index >= 15 is 0 Å². The summed E-state index contributed by atoms with van der Waals surface area (Å²) < 4.78 is 4.56. The van der Waals surface area contributed by atoms with Crippen LogP contribution in [0.3, 0.4) is 0 Å². The van der Waals surface area contributed by atoms with Crippen LogP contribution < -0.4 is 0 Å². The van der Waals surface area contributed by atoms with E-state index in [-0.39, 0.29) is 5.97 Å². The van der Waals surface area contributed by atoms with Crippen molar-refractivity contribution in [2.75, 3.05) is 6.61 Å². The van der Waals surface area contributed by atoms with Crippen molar-refractivity contribution in [3.05, 3.63) is 24.3 Å². The van der Waals surface area contributed by atoms with E-state index in [4.69, 9.17) is 0 Å². The first-order valence-electron chi connectivity index (χ1n) is 2.31. The molecule has 8 heavy (non-hydrogen) atoms. The van der Waals surface area contributed by atoms with E-state index in [1.807, 2.05) is 0 Å². The van der Waals surface area contributed by atoms with Crippen molar-refractivity contribution in [3.63, 3.8) is 0 Å². The minimum Gasteiger partial charge on any atom is -0.458 e. The predicted molar refractivity (Wildman–Crippen MR) is 29.2 cm³/mol. The zero-order valence-electron chi connectivity index (χ0n) is 4.39. The summed E-state index contributed by atoms with van der Waals surface area (Å²) in [5.74, 6) is -0.280. The molecule has 0 aliphatic carbocycles. The molecule has 0 fully saturated rings. The summed E-state index contributed by atoms with van der Waals surface area (Å²) in [7, 11) is 0. The molecule has 1 heterocycles. The van der Waals surface area contributed by atoms with Gasteiger partial charge in [0.1, 0.15) is 6.61 Å². The number of carbonyl (C=O) groups excluding carboxylic acids is 1. The van der Waals surface area contributed by atoms with Gasteiger partial charge in [-0.1, -0.05) is 6.58 Å². The first kappa shape index (κ1) is 5.09. The fourth-order valence-electron chi connectivity index (χ4n) is 0.446. The largest absolute Gasteiger partial charge is 0.458 e. The van der Waals surface area contributed by atoms with Crippen LogP contribution in [0.1, 0.15) is 0 Å². The van der Waals surface area contributed by atoms with Crippen LogP contribution in [0.4, 0.5) is 0 Å². The van der Waals surface area contributed by atoms with Crippen molar-refractivity contribution in [2.45, 2.75) is 0 Å². The normalized spacial score (nSPS) is 18.5. The first-order valence-corrected chi connectivity index (χ1v) is 2.31. The van der Waals surface area contributed by atoms with E-state index in [0.29, 0.717) is 6.61 Å². The van der Waals surface area contributed by atoms with Gasteiger partial charge in [-0.05, 0) is 11.6 Å². The van der Waals surface area contributed by atoms with E-state index in [9.17, 15) is 4.79 Å². The number of ether oxygens (including phenoxy) is 1. The number of carbonyl (C=O) groups is 1. The molecule has 1 aliphatic heterocycles. The van der Waals surface area contributed by atoms with Crippen LogP contribution in [0, 0.1) is 0 Å². The van der Waals surface area contributed by atoms with Gasteiger partial charge in [-0.2, -0.15) is 0 Å². The van der Waals surface area contributed by atoms with Crippen molar-refractivity contribution in [2.24, 2.45) is 0 Å². The molecule has 42 valence electrons. The third kappa shape index (κ3) is 0.964. The molecule has 0 aromatic heterocycles. The highest BCUT2D eigenvalue weighted by molar-refractivity contribution is 5.83. The van der Waals surface area contributed by atoms with E-state index in [1.165, 1.54) is 6.08 Å². The Morgan fingerprint density at radius 2 is 2.38 bits per heavy atom. The predicted octanol–water partition coefficient (Wildman–Crippen LogP) is 0.656. The molecule has 0 amide bonds. The smallest absolute Gasteiger partial charge is 0.331 e. The molecule has 0 saturated carbocycles. The summed E-state index contributed by atoms with van der Waals surface area (Å²) in [5.41, 5.74) is 0.838. The standard InChI is InChI=1S/C6H6O2/c1-5-2-3-6(7)8-4-5/h2-3H,1,4H2. The molecular weight excluding hydrogens is 104 g/mol. The van der Waals surface area contributed by atoms with Crippen molar-refractivity contribution in [1.29, 1.82) is 0 Å². The van der Waals surface area contributed by atoms with Gasteiger partial charge in [0.25, 0.3) is 0 Å². The Kier molecular flexibility index (Phi) is 1.16. The van der Waals surface area contributed by atoms with Gasteiger partial charge in [-0.3, -0.25) is 0 Å². The second-order valence-electron chi connectivity index (χ2n) is 1.60. The maximum Gasteiger partial charge on any atom is 0.331 e. The number of cyclic esters (lactones) is 1. The summed E-state index contributed by atoms with van der Waals surface area (Å²) in [6.07, 6.45) is 3.03.